The molecule has 4 heterocycles. The summed E-state index contributed by atoms with van der Waals surface area (Å²) in [5.74, 6) is 1.04. The topological polar surface area (TPSA) is 168 Å². The maximum atomic E-state index is 13.1. The van der Waals surface area contributed by atoms with Crippen LogP contribution in [-0.4, -0.2) is 57.6 Å². The molecule has 12 nitrogen and oxygen atoms in total. The Morgan fingerprint density at radius 2 is 2.09 bits per heavy atom. The van der Waals surface area contributed by atoms with Gasteiger partial charge in [0.1, 0.15) is 23.5 Å². The number of oxazole rings is 1. The molecule has 43 heavy (non-hydrogen) atoms. The number of benzene rings is 1. The van der Waals surface area contributed by atoms with Crippen molar-refractivity contribution < 1.29 is 23.5 Å². The molecule has 1 fully saturated rings. The van der Waals surface area contributed by atoms with Gasteiger partial charge in [-0.05, 0) is 38.3 Å². The van der Waals surface area contributed by atoms with Gasteiger partial charge in [0, 0.05) is 41.8 Å². The Bertz CT molecular complexity index is 1620. The van der Waals surface area contributed by atoms with Gasteiger partial charge in [-0.15, -0.1) is 0 Å². The number of aryl methyl sites for hydroxylation is 1. The van der Waals surface area contributed by atoms with E-state index in [9.17, 15) is 9.59 Å². The number of rotatable bonds is 13. The van der Waals surface area contributed by atoms with Crippen LogP contribution < -0.4 is 15.4 Å². The van der Waals surface area contributed by atoms with Gasteiger partial charge in [0.05, 0.1) is 43.4 Å². The zero-order valence-electron chi connectivity index (χ0n) is 24.2. The molecule has 0 bridgehead atoms. The van der Waals surface area contributed by atoms with E-state index in [4.69, 9.17) is 19.3 Å². The van der Waals surface area contributed by atoms with Crippen molar-refractivity contribution in [1.29, 1.82) is 5.41 Å². The molecule has 0 saturated carbocycles. The van der Waals surface area contributed by atoms with Crippen LogP contribution in [0, 0.1) is 12.3 Å². The number of ether oxygens (including phenoxy) is 2. The molecule has 4 N–H and O–H groups in total. The number of nitrogens with one attached hydrogen (secondary N) is 4. The molecule has 0 unspecified atom stereocenters. The quantitative estimate of drug-likeness (QED) is 0.0979. The number of fused-ring (bicyclic) bond motifs is 1. The van der Waals surface area contributed by atoms with E-state index in [0.717, 1.165) is 47.2 Å². The molecular weight excluding hydrogens is 550 g/mol. The van der Waals surface area contributed by atoms with Gasteiger partial charge in [-0.3, -0.25) is 20.0 Å². The summed E-state index contributed by atoms with van der Waals surface area (Å²) in [6.07, 6.45) is 9.78. The predicted molar refractivity (Wildman–Crippen MR) is 160 cm³/mol. The van der Waals surface area contributed by atoms with E-state index in [0.29, 0.717) is 49.7 Å². The Balaban J connectivity index is 1.31. The molecule has 224 valence electrons. The van der Waals surface area contributed by atoms with Crippen molar-refractivity contribution in [1.82, 2.24) is 30.6 Å². The molecule has 1 amide bonds. The van der Waals surface area contributed by atoms with Gasteiger partial charge in [0.15, 0.2) is 5.88 Å². The number of aromatic amines is 1. The minimum absolute atomic E-state index is 0.118. The third-order valence-electron chi connectivity index (χ3n) is 7.14. The van der Waals surface area contributed by atoms with Crippen LogP contribution in [0.1, 0.15) is 66.8 Å². The number of imidazole rings is 1. The highest BCUT2D eigenvalue weighted by atomic mass is 16.5. The lowest BCUT2D eigenvalue weighted by Crippen LogP contribution is -2.35. The Morgan fingerprint density at radius 3 is 2.86 bits per heavy atom. The Morgan fingerprint density at radius 1 is 1.21 bits per heavy atom. The van der Waals surface area contributed by atoms with Gasteiger partial charge in [-0.2, -0.15) is 0 Å². The summed E-state index contributed by atoms with van der Waals surface area (Å²) < 4.78 is 16.3. The van der Waals surface area contributed by atoms with Crippen LogP contribution in [0.15, 0.2) is 59.3 Å². The minimum atomic E-state index is -0.546. The first kappa shape index (κ1) is 29.5. The van der Waals surface area contributed by atoms with Gasteiger partial charge in [-0.25, -0.2) is 9.97 Å². The zero-order chi connectivity index (χ0) is 30.2. The second-order valence-corrected chi connectivity index (χ2v) is 10.3. The number of unbranched alkanes of at least 4 members (excludes halogenated alkanes) is 2. The number of ketones is 1. The number of Topliss-reactive ketones (excluding diaryl/α,β-unsaturated/α-hetero) is 1. The number of hydrogen-bond donors (Lipinski definition) is 4. The van der Waals surface area contributed by atoms with Crippen molar-refractivity contribution in [2.24, 2.45) is 0 Å². The summed E-state index contributed by atoms with van der Waals surface area (Å²) >= 11 is 0. The lowest BCUT2D eigenvalue weighted by atomic mass is 10.0. The smallest absolute Gasteiger partial charge is 0.269 e. The molecule has 12 heteroatoms. The third-order valence-corrected chi connectivity index (χ3v) is 7.14. The fourth-order valence-electron chi connectivity index (χ4n) is 4.88. The van der Waals surface area contributed by atoms with Crippen LogP contribution >= 0.6 is 0 Å². The average molecular weight is 586 g/mol. The third kappa shape index (κ3) is 7.45. The molecule has 5 rings (SSSR count). The lowest BCUT2D eigenvalue weighted by molar-refractivity contribution is -0.115. The summed E-state index contributed by atoms with van der Waals surface area (Å²) in [5, 5.41) is 15.3. The predicted octanol–water partition coefficient (Wildman–Crippen LogP) is 4.79. The van der Waals surface area contributed by atoms with E-state index >= 15 is 0 Å². The molecule has 1 aliphatic rings. The molecular formula is C31H35N7O5. The number of carbonyl (C=O) groups excluding carboxylic acids is 2. The molecule has 3 aromatic heterocycles. The van der Waals surface area contributed by atoms with Crippen molar-refractivity contribution in [3.8, 4) is 17.0 Å². The van der Waals surface area contributed by atoms with E-state index in [2.05, 4.69) is 30.6 Å². The molecule has 0 radical (unpaired) electrons. The van der Waals surface area contributed by atoms with Gasteiger partial charge < -0.3 is 29.5 Å². The maximum Gasteiger partial charge on any atom is 0.269 e. The van der Waals surface area contributed by atoms with Crippen molar-refractivity contribution in [2.45, 2.75) is 51.5 Å². The Kier molecular flexibility index (Phi) is 9.45. The monoisotopic (exact) mass is 585 g/mol. The first-order valence-corrected chi connectivity index (χ1v) is 14.3. The molecule has 0 spiro atoms. The van der Waals surface area contributed by atoms with Crippen LogP contribution in [0.2, 0.25) is 0 Å². The number of amides is 1. The molecule has 1 atom stereocenters. The first-order chi connectivity index (χ1) is 20.9. The number of nitrogens with zero attached hydrogens (tertiary/aromatic N) is 3. The number of carbonyl (C=O) groups is 2. The van der Waals surface area contributed by atoms with Crippen molar-refractivity contribution in [2.75, 3.05) is 20.3 Å². The average Bonchev–Trinajstić information content (AvgIpc) is 3.73. The lowest BCUT2D eigenvalue weighted by Gasteiger charge is -2.19. The van der Waals surface area contributed by atoms with Gasteiger partial charge in [-0.1, -0.05) is 18.9 Å². The van der Waals surface area contributed by atoms with Crippen LogP contribution in [0.5, 0.6) is 5.75 Å². The summed E-state index contributed by atoms with van der Waals surface area (Å²) in [6.45, 7) is 3.21. The van der Waals surface area contributed by atoms with Crippen molar-refractivity contribution in [3.05, 3.63) is 72.3 Å². The van der Waals surface area contributed by atoms with Crippen LogP contribution in [0.25, 0.3) is 22.2 Å². The normalized spacial score (nSPS) is 14.6. The first-order valence-electron chi connectivity index (χ1n) is 14.3. The molecule has 1 saturated heterocycles. The Hall–Kier alpha value is -5.00. The van der Waals surface area contributed by atoms with Crippen molar-refractivity contribution >= 4 is 28.3 Å². The highest BCUT2D eigenvalue weighted by Crippen LogP contribution is 2.33. The SMILES string of the molecule is COc1cc2nc(C)ccc2cc1-c1cnc([C@H](CCCCCC(=O)c2ncco2)NC(=O)C(=N)/C=C2\NCCCO2)[nH]1. The summed E-state index contributed by atoms with van der Waals surface area (Å²) in [4.78, 5) is 41.8. The molecule has 0 aliphatic carbocycles. The second-order valence-electron chi connectivity index (χ2n) is 10.3. The van der Waals surface area contributed by atoms with E-state index in [1.165, 1.54) is 18.5 Å². The highest BCUT2D eigenvalue weighted by Gasteiger charge is 2.22. The standard InChI is InChI=1S/C31H35N7O5/c1-19-9-10-20-15-21(27(41-2)17-24(20)36-19)25-18-35-29(37-25)23(7-4-3-5-8-26(39)31-34-12-14-43-31)38-30(40)22(32)16-28-33-11-6-13-42-28/h9-10,12,14-18,23,32-33H,3-8,11,13H2,1-2H3,(H,35,37)(H,38,40)/b28-16+,32-22?/t23-/m0/s1. The molecule has 1 aliphatic heterocycles. The second kappa shape index (κ2) is 13.8. The van der Waals surface area contributed by atoms with Crippen LogP contribution in [-0.2, 0) is 9.53 Å². The minimum Gasteiger partial charge on any atom is -0.496 e. The summed E-state index contributed by atoms with van der Waals surface area (Å²) in [6, 6.07) is 7.36. The fourth-order valence-corrected chi connectivity index (χ4v) is 4.88. The van der Waals surface area contributed by atoms with Crippen LogP contribution in [0.4, 0.5) is 0 Å². The number of aromatic nitrogens is 4. The number of methoxy groups -OCH3 is 1. The summed E-state index contributed by atoms with van der Waals surface area (Å²) in [7, 11) is 1.61. The Labute approximate surface area is 248 Å². The maximum absolute atomic E-state index is 13.1. The van der Waals surface area contributed by atoms with Gasteiger partial charge in [0.2, 0.25) is 5.78 Å². The highest BCUT2D eigenvalue weighted by molar-refractivity contribution is 6.42. The van der Waals surface area contributed by atoms with Crippen molar-refractivity contribution in [3.63, 3.8) is 0 Å². The van der Waals surface area contributed by atoms with Gasteiger partial charge >= 0.3 is 0 Å². The van der Waals surface area contributed by atoms with E-state index in [1.54, 1.807) is 13.3 Å². The molecule has 4 aromatic rings. The number of hydrogen-bond acceptors (Lipinski definition) is 10. The van der Waals surface area contributed by atoms with E-state index < -0.39 is 11.9 Å². The van der Waals surface area contributed by atoms with Crippen LogP contribution in [0.3, 0.4) is 0 Å². The molecule has 1 aromatic carbocycles. The zero-order valence-corrected chi connectivity index (χ0v) is 24.2. The largest absolute Gasteiger partial charge is 0.496 e. The van der Waals surface area contributed by atoms with E-state index in [1.807, 2.05) is 31.2 Å². The summed E-state index contributed by atoms with van der Waals surface area (Å²) in [5.41, 5.74) is 3.06. The van der Waals surface area contributed by atoms with E-state index in [-0.39, 0.29) is 17.4 Å². The fraction of sp³-hybridized carbons (Fsp3) is 0.355. The van der Waals surface area contributed by atoms with Gasteiger partial charge in [0.25, 0.3) is 11.8 Å². The number of pyridine rings is 1. The number of H-pyrrole nitrogens is 1.